The molecule has 7 heteroatoms. The number of hydrogen-bond donors (Lipinski definition) is 1. The average Bonchev–Trinajstić information content (AvgIpc) is 3.02. The Hall–Kier alpha value is -2.05. The van der Waals surface area contributed by atoms with Gasteiger partial charge in [-0.05, 0) is 43.5 Å². The van der Waals surface area contributed by atoms with Crippen LogP contribution in [0.2, 0.25) is 5.02 Å². The molecule has 3 rings (SSSR count). The molecule has 1 aromatic heterocycles. The van der Waals surface area contributed by atoms with Gasteiger partial charge in [0.1, 0.15) is 5.75 Å². The van der Waals surface area contributed by atoms with E-state index < -0.39 is 0 Å². The standard InChI is InChI=1S/C17H20ClN3O3/c18-13-4-6-15(7-5-13)24-12-17(22)20-14-9-19-21(10-14)11-16-3-1-2-8-23-16/h4-7,9-10,16H,1-3,8,11-12H2,(H,20,22). The molecule has 1 saturated heterocycles. The second kappa shape index (κ2) is 8.17. The number of benzene rings is 1. The van der Waals surface area contributed by atoms with Crippen molar-refractivity contribution >= 4 is 23.2 Å². The largest absolute Gasteiger partial charge is 0.484 e. The van der Waals surface area contributed by atoms with Gasteiger partial charge in [-0.25, -0.2) is 0 Å². The predicted octanol–water partition coefficient (Wildman–Crippen LogP) is 3.12. The summed E-state index contributed by atoms with van der Waals surface area (Å²) >= 11 is 5.80. The number of amides is 1. The van der Waals surface area contributed by atoms with E-state index >= 15 is 0 Å². The normalized spacial score (nSPS) is 17.5. The number of ether oxygens (including phenoxy) is 2. The first-order valence-electron chi connectivity index (χ1n) is 8.01. The van der Waals surface area contributed by atoms with Gasteiger partial charge in [-0.2, -0.15) is 5.10 Å². The Bertz CT molecular complexity index is 666. The van der Waals surface area contributed by atoms with Crippen molar-refractivity contribution < 1.29 is 14.3 Å². The van der Waals surface area contributed by atoms with Crippen LogP contribution in [0.3, 0.4) is 0 Å². The Morgan fingerprint density at radius 1 is 1.38 bits per heavy atom. The summed E-state index contributed by atoms with van der Waals surface area (Å²) in [6.07, 6.45) is 7.01. The molecule has 1 aromatic carbocycles. The van der Waals surface area contributed by atoms with Gasteiger partial charge in [0, 0.05) is 17.8 Å². The lowest BCUT2D eigenvalue weighted by Gasteiger charge is -2.22. The summed E-state index contributed by atoms with van der Waals surface area (Å²) in [5.41, 5.74) is 0.649. The van der Waals surface area contributed by atoms with Gasteiger partial charge in [-0.3, -0.25) is 9.48 Å². The van der Waals surface area contributed by atoms with Crippen LogP contribution in [0.4, 0.5) is 5.69 Å². The fraction of sp³-hybridized carbons (Fsp3) is 0.412. The van der Waals surface area contributed by atoms with E-state index in [0.29, 0.717) is 23.0 Å². The second-order valence-corrected chi connectivity index (χ2v) is 6.17. The average molecular weight is 350 g/mol. The lowest BCUT2D eigenvalue weighted by Crippen LogP contribution is -2.24. The molecule has 128 valence electrons. The number of carbonyl (C=O) groups excluding carboxylic acids is 1. The second-order valence-electron chi connectivity index (χ2n) is 5.73. The molecule has 2 aromatic rings. The van der Waals surface area contributed by atoms with E-state index in [2.05, 4.69) is 10.4 Å². The summed E-state index contributed by atoms with van der Waals surface area (Å²) in [5.74, 6) is 0.359. The molecule has 1 aliphatic rings. The fourth-order valence-electron chi connectivity index (χ4n) is 2.56. The third kappa shape index (κ3) is 4.97. The van der Waals surface area contributed by atoms with Gasteiger partial charge >= 0.3 is 0 Å². The van der Waals surface area contributed by atoms with Crippen molar-refractivity contribution in [3.63, 3.8) is 0 Å². The first-order valence-corrected chi connectivity index (χ1v) is 8.39. The van der Waals surface area contributed by atoms with Crippen LogP contribution < -0.4 is 10.1 Å². The topological polar surface area (TPSA) is 65.4 Å². The molecule has 0 spiro atoms. The van der Waals surface area contributed by atoms with Gasteiger partial charge in [0.15, 0.2) is 6.61 Å². The van der Waals surface area contributed by atoms with Crippen molar-refractivity contribution in [2.75, 3.05) is 18.5 Å². The van der Waals surface area contributed by atoms with E-state index in [9.17, 15) is 4.79 Å². The van der Waals surface area contributed by atoms with E-state index in [1.165, 1.54) is 6.42 Å². The van der Waals surface area contributed by atoms with E-state index in [1.54, 1.807) is 41.3 Å². The highest BCUT2D eigenvalue weighted by molar-refractivity contribution is 6.30. The fourth-order valence-corrected chi connectivity index (χ4v) is 2.69. The molecule has 0 radical (unpaired) electrons. The van der Waals surface area contributed by atoms with E-state index in [4.69, 9.17) is 21.1 Å². The molecule has 1 aliphatic heterocycles. The number of nitrogens with zero attached hydrogens (tertiary/aromatic N) is 2. The molecule has 6 nitrogen and oxygen atoms in total. The molecule has 1 amide bonds. The number of hydrogen-bond acceptors (Lipinski definition) is 4. The summed E-state index contributed by atoms with van der Waals surface area (Å²) in [7, 11) is 0. The number of nitrogens with one attached hydrogen (secondary N) is 1. The van der Waals surface area contributed by atoms with Crippen LogP contribution in [0.25, 0.3) is 0 Å². The number of aromatic nitrogens is 2. The van der Waals surface area contributed by atoms with Gasteiger partial charge in [-0.1, -0.05) is 11.6 Å². The molecule has 0 aliphatic carbocycles. The van der Waals surface area contributed by atoms with Gasteiger partial charge in [-0.15, -0.1) is 0 Å². The molecule has 24 heavy (non-hydrogen) atoms. The van der Waals surface area contributed by atoms with Crippen LogP contribution in [0, 0.1) is 0 Å². The monoisotopic (exact) mass is 349 g/mol. The predicted molar refractivity (Wildman–Crippen MR) is 91.4 cm³/mol. The minimum Gasteiger partial charge on any atom is -0.484 e. The van der Waals surface area contributed by atoms with E-state index in [0.717, 1.165) is 19.4 Å². The van der Waals surface area contributed by atoms with Crippen LogP contribution in [0.15, 0.2) is 36.7 Å². The highest BCUT2D eigenvalue weighted by Gasteiger charge is 2.15. The zero-order valence-corrected chi connectivity index (χ0v) is 14.0. The van der Waals surface area contributed by atoms with Gasteiger partial charge in [0.05, 0.1) is 24.5 Å². The first-order chi connectivity index (χ1) is 11.7. The summed E-state index contributed by atoms with van der Waals surface area (Å²) in [4.78, 5) is 11.9. The molecular formula is C17H20ClN3O3. The van der Waals surface area contributed by atoms with Crippen molar-refractivity contribution in [3.8, 4) is 5.75 Å². The quantitative estimate of drug-likeness (QED) is 0.870. The SMILES string of the molecule is O=C(COc1ccc(Cl)cc1)Nc1cnn(CC2CCCCO2)c1. The molecule has 1 unspecified atom stereocenters. The lowest BCUT2D eigenvalue weighted by atomic mass is 10.1. The number of halogens is 1. The van der Waals surface area contributed by atoms with Gasteiger partial charge in [0.25, 0.3) is 5.91 Å². The van der Waals surface area contributed by atoms with Crippen molar-refractivity contribution in [1.29, 1.82) is 0 Å². The zero-order chi connectivity index (χ0) is 16.8. The van der Waals surface area contributed by atoms with Crippen LogP contribution in [-0.2, 0) is 16.1 Å². The number of anilines is 1. The lowest BCUT2D eigenvalue weighted by molar-refractivity contribution is -0.118. The van der Waals surface area contributed by atoms with Crippen molar-refractivity contribution in [3.05, 3.63) is 41.7 Å². The number of carbonyl (C=O) groups is 1. The molecule has 1 N–H and O–H groups in total. The van der Waals surface area contributed by atoms with Crippen molar-refractivity contribution in [2.45, 2.75) is 31.9 Å². The highest BCUT2D eigenvalue weighted by Crippen LogP contribution is 2.16. The van der Waals surface area contributed by atoms with E-state index in [-0.39, 0.29) is 18.6 Å². The minimum atomic E-state index is -0.238. The molecule has 0 saturated carbocycles. The van der Waals surface area contributed by atoms with E-state index in [1.807, 2.05) is 0 Å². The third-order valence-electron chi connectivity index (χ3n) is 3.77. The number of rotatable bonds is 6. The minimum absolute atomic E-state index is 0.0709. The van der Waals surface area contributed by atoms with Gasteiger partial charge < -0.3 is 14.8 Å². The summed E-state index contributed by atoms with van der Waals surface area (Å²) in [6.45, 7) is 1.45. The zero-order valence-electron chi connectivity index (χ0n) is 13.3. The molecule has 0 bridgehead atoms. The summed E-state index contributed by atoms with van der Waals surface area (Å²) < 4.78 is 12.9. The molecule has 2 heterocycles. The molecular weight excluding hydrogens is 330 g/mol. The summed E-state index contributed by atoms with van der Waals surface area (Å²) in [5, 5.41) is 7.65. The Labute approximate surface area is 145 Å². The van der Waals surface area contributed by atoms with Crippen LogP contribution in [0.1, 0.15) is 19.3 Å². The Kier molecular flexibility index (Phi) is 5.72. The van der Waals surface area contributed by atoms with Crippen molar-refractivity contribution in [1.82, 2.24) is 9.78 Å². The maximum absolute atomic E-state index is 11.9. The maximum Gasteiger partial charge on any atom is 0.262 e. The van der Waals surface area contributed by atoms with Crippen LogP contribution in [0.5, 0.6) is 5.75 Å². The smallest absolute Gasteiger partial charge is 0.262 e. The summed E-state index contributed by atoms with van der Waals surface area (Å²) in [6, 6.07) is 6.87. The van der Waals surface area contributed by atoms with Crippen LogP contribution >= 0.6 is 11.6 Å². The van der Waals surface area contributed by atoms with Crippen molar-refractivity contribution in [2.24, 2.45) is 0 Å². The Morgan fingerprint density at radius 3 is 2.96 bits per heavy atom. The Balaban J connectivity index is 1.45. The van der Waals surface area contributed by atoms with Gasteiger partial charge in [0.2, 0.25) is 0 Å². The molecule has 1 atom stereocenters. The molecule has 1 fully saturated rings. The third-order valence-corrected chi connectivity index (χ3v) is 4.02. The maximum atomic E-state index is 11.9. The highest BCUT2D eigenvalue weighted by atomic mass is 35.5. The van der Waals surface area contributed by atoms with Crippen LogP contribution in [-0.4, -0.2) is 35.0 Å². The Morgan fingerprint density at radius 2 is 2.21 bits per heavy atom. The first kappa shape index (κ1) is 16.8.